The van der Waals surface area contributed by atoms with Gasteiger partial charge in [0, 0.05) is 5.57 Å². The Hall–Kier alpha value is -1.77. The van der Waals surface area contributed by atoms with E-state index in [1.165, 1.54) is 0 Å². The number of rotatable bonds is 1. The van der Waals surface area contributed by atoms with Gasteiger partial charge in [0.2, 0.25) is 0 Å². The summed E-state index contributed by atoms with van der Waals surface area (Å²) in [6, 6.07) is 0. The van der Waals surface area contributed by atoms with Gasteiger partial charge in [0.1, 0.15) is 12.4 Å². The first-order chi connectivity index (χ1) is 7.18. The first-order valence-corrected chi connectivity index (χ1v) is 4.82. The molecule has 0 saturated heterocycles. The third-order valence-electron chi connectivity index (χ3n) is 2.46. The predicted molar refractivity (Wildman–Crippen MR) is 56.2 cm³/mol. The van der Waals surface area contributed by atoms with E-state index < -0.39 is 5.97 Å². The van der Waals surface area contributed by atoms with Crippen LogP contribution in [0.3, 0.4) is 0 Å². The van der Waals surface area contributed by atoms with Gasteiger partial charge in [0.25, 0.3) is 0 Å². The smallest absolute Gasteiger partial charge is 0.335 e. The third kappa shape index (κ3) is 1.86. The summed E-state index contributed by atoms with van der Waals surface area (Å²) in [4.78, 5) is 10.8. The number of aliphatic carboxylic acids is 1. The van der Waals surface area contributed by atoms with Crippen LogP contribution in [0.15, 0.2) is 46.8 Å². The van der Waals surface area contributed by atoms with Gasteiger partial charge in [-0.15, -0.1) is 0 Å². The number of carboxylic acid groups (broad SMARTS) is 1. The fraction of sp³-hybridized carbons (Fsp3) is 0.250. The average Bonchev–Trinajstić information content (AvgIpc) is 2.40. The summed E-state index contributed by atoms with van der Waals surface area (Å²) >= 11 is 0. The van der Waals surface area contributed by atoms with Crippen LogP contribution in [-0.2, 0) is 9.53 Å². The van der Waals surface area contributed by atoms with Crippen LogP contribution in [0.5, 0.6) is 0 Å². The summed E-state index contributed by atoms with van der Waals surface area (Å²) in [5.41, 5.74) is 2.29. The molecule has 1 aliphatic carbocycles. The Bertz CT molecular complexity index is 422. The Labute approximate surface area is 88.1 Å². The minimum absolute atomic E-state index is 0.152. The van der Waals surface area contributed by atoms with Crippen LogP contribution in [0.1, 0.15) is 13.3 Å². The standard InChI is InChI=1S/C12H12O3/c1-8-4-2-3-5-9-6-10(12(13)14)7-15-11(8)9/h2-3,5-6H,4,7H2,1H3,(H,13,14). The van der Waals surface area contributed by atoms with Gasteiger partial charge < -0.3 is 9.84 Å². The van der Waals surface area contributed by atoms with E-state index in [0.29, 0.717) is 5.57 Å². The molecule has 0 unspecified atom stereocenters. The summed E-state index contributed by atoms with van der Waals surface area (Å²) in [6.07, 6.45) is 8.38. The second kappa shape index (κ2) is 3.77. The summed E-state index contributed by atoms with van der Waals surface area (Å²) < 4.78 is 5.47. The van der Waals surface area contributed by atoms with Crippen molar-refractivity contribution >= 4 is 5.97 Å². The molecule has 2 rings (SSSR count). The van der Waals surface area contributed by atoms with Crippen LogP contribution in [-0.4, -0.2) is 17.7 Å². The molecule has 0 saturated carbocycles. The van der Waals surface area contributed by atoms with E-state index in [1.807, 2.05) is 25.2 Å². The zero-order valence-corrected chi connectivity index (χ0v) is 8.49. The van der Waals surface area contributed by atoms with Gasteiger partial charge in [-0.3, -0.25) is 0 Å². The Kier molecular flexibility index (Phi) is 2.46. The highest BCUT2D eigenvalue weighted by Crippen LogP contribution is 2.28. The number of carboxylic acids is 1. The van der Waals surface area contributed by atoms with Crippen molar-refractivity contribution in [1.82, 2.24) is 0 Å². The van der Waals surface area contributed by atoms with Gasteiger partial charge in [-0.25, -0.2) is 4.79 Å². The molecule has 0 aromatic heterocycles. The molecule has 0 aromatic carbocycles. The van der Waals surface area contributed by atoms with Gasteiger partial charge >= 0.3 is 5.97 Å². The molecule has 0 amide bonds. The van der Waals surface area contributed by atoms with Gasteiger partial charge in [0.15, 0.2) is 0 Å². The molecular weight excluding hydrogens is 192 g/mol. The third-order valence-corrected chi connectivity index (χ3v) is 2.46. The highest BCUT2D eigenvalue weighted by atomic mass is 16.5. The van der Waals surface area contributed by atoms with Crippen molar-refractivity contribution in [2.75, 3.05) is 6.61 Å². The quantitative estimate of drug-likeness (QED) is 0.712. The topological polar surface area (TPSA) is 46.5 Å². The van der Waals surface area contributed by atoms with Gasteiger partial charge in [-0.2, -0.15) is 0 Å². The Balaban J connectivity index is 2.43. The lowest BCUT2D eigenvalue weighted by Crippen LogP contribution is -2.14. The van der Waals surface area contributed by atoms with E-state index in [2.05, 4.69) is 0 Å². The van der Waals surface area contributed by atoms with E-state index in [1.54, 1.807) is 6.08 Å². The largest absolute Gasteiger partial charge is 0.488 e. The van der Waals surface area contributed by atoms with Crippen LogP contribution in [0.2, 0.25) is 0 Å². The molecule has 0 aromatic rings. The highest BCUT2D eigenvalue weighted by Gasteiger charge is 2.20. The van der Waals surface area contributed by atoms with Crippen molar-refractivity contribution in [2.24, 2.45) is 0 Å². The van der Waals surface area contributed by atoms with E-state index in [9.17, 15) is 4.79 Å². The lowest BCUT2D eigenvalue weighted by Gasteiger charge is -2.19. The van der Waals surface area contributed by atoms with Gasteiger partial charge in [-0.1, -0.05) is 18.2 Å². The summed E-state index contributed by atoms with van der Waals surface area (Å²) in [5, 5.41) is 8.86. The minimum atomic E-state index is -0.916. The molecule has 3 nitrogen and oxygen atoms in total. The number of ether oxygens (including phenoxy) is 1. The Morgan fingerprint density at radius 1 is 1.53 bits per heavy atom. The molecule has 15 heavy (non-hydrogen) atoms. The van der Waals surface area contributed by atoms with Crippen molar-refractivity contribution in [3.8, 4) is 0 Å². The van der Waals surface area contributed by atoms with Crippen molar-refractivity contribution in [3.05, 3.63) is 46.8 Å². The van der Waals surface area contributed by atoms with E-state index in [-0.39, 0.29) is 6.61 Å². The second-order valence-electron chi connectivity index (χ2n) is 3.63. The summed E-state index contributed by atoms with van der Waals surface area (Å²) in [5.74, 6) is -0.0918. The number of hydrogen-bond donors (Lipinski definition) is 1. The lowest BCUT2D eigenvalue weighted by molar-refractivity contribution is -0.133. The Morgan fingerprint density at radius 2 is 2.33 bits per heavy atom. The Morgan fingerprint density at radius 3 is 3.07 bits per heavy atom. The summed E-state index contributed by atoms with van der Waals surface area (Å²) in [6.45, 7) is 2.15. The number of allylic oxidation sites excluding steroid dienone is 5. The van der Waals surface area contributed by atoms with E-state index in [0.717, 1.165) is 23.3 Å². The van der Waals surface area contributed by atoms with Crippen LogP contribution >= 0.6 is 0 Å². The van der Waals surface area contributed by atoms with E-state index >= 15 is 0 Å². The molecular formula is C12H12O3. The van der Waals surface area contributed by atoms with Gasteiger partial charge in [0.05, 0.1) is 5.57 Å². The van der Waals surface area contributed by atoms with Crippen molar-refractivity contribution < 1.29 is 14.6 Å². The van der Waals surface area contributed by atoms with Crippen LogP contribution in [0.4, 0.5) is 0 Å². The first kappa shape index (κ1) is 9.77. The van der Waals surface area contributed by atoms with Crippen LogP contribution in [0.25, 0.3) is 0 Å². The maximum atomic E-state index is 10.8. The second-order valence-corrected chi connectivity index (χ2v) is 3.63. The molecule has 1 heterocycles. The molecule has 78 valence electrons. The molecule has 0 spiro atoms. The van der Waals surface area contributed by atoms with Crippen molar-refractivity contribution in [2.45, 2.75) is 13.3 Å². The predicted octanol–water partition coefficient (Wildman–Crippen LogP) is 2.19. The molecule has 1 aliphatic heterocycles. The number of carbonyl (C=O) groups is 1. The lowest BCUT2D eigenvalue weighted by atomic mass is 10.0. The van der Waals surface area contributed by atoms with Crippen molar-refractivity contribution in [3.63, 3.8) is 0 Å². The number of hydrogen-bond acceptors (Lipinski definition) is 2. The van der Waals surface area contributed by atoms with E-state index in [4.69, 9.17) is 9.84 Å². The van der Waals surface area contributed by atoms with Gasteiger partial charge in [-0.05, 0) is 25.0 Å². The normalized spacial score (nSPS) is 19.8. The minimum Gasteiger partial charge on any atom is -0.488 e. The zero-order valence-electron chi connectivity index (χ0n) is 8.49. The summed E-state index contributed by atoms with van der Waals surface area (Å²) in [7, 11) is 0. The fourth-order valence-corrected chi connectivity index (χ4v) is 1.65. The van der Waals surface area contributed by atoms with Crippen molar-refractivity contribution in [1.29, 1.82) is 0 Å². The maximum absolute atomic E-state index is 10.8. The van der Waals surface area contributed by atoms with Crippen LogP contribution < -0.4 is 0 Å². The fourth-order valence-electron chi connectivity index (χ4n) is 1.65. The van der Waals surface area contributed by atoms with Crippen LogP contribution in [0, 0.1) is 0 Å². The average molecular weight is 204 g/mol. The molecule has 1 N–H and O–H groups in total. The number of fused-ring (bicyclic) bond motifs is 1. The monoisotopic (exact) mass is 204 g/mol. The molecule has 0 radical (unpaired) electrons. The first-order valence-electron chi connectivity index (χ1n) is 4.82. The maximum Gasteiger partial charge on any atom is 0.335 e. The molecule has 0 bridgehead atoms. The molecule has 2 aliphatic rings. The SMILES string of the molecule is CC1=C2OCC(C(=O)O)=CC2=CC=CC1. The molecule has 3 heteroatoms. The molecule has 0 atom stereocenters. The zero-order chi connectivity index (χ0) is 10.8. The highest BCUT2D eigenvalue weighted by molar-refractivity contribution is 5.88. The molecule has 0 fully saturated rings.